The molecule has 1 fully saturated rings. The van der Waals surface area contributed by atoms with E-state index in [-0.39, 0.29) is 6.04 Å². The van der Waals surface area contributed by atoms with Gasteiger partial charge in [0.1, 0.15) is 5.52 Å². The maximum Gasteiger partial charge on any atom is 0.218 e. The third-order valence-electron chi connectivity index (χ3n) is 7.62. The van der Waals surface area contributed by atoms with Crippen LogP contribution in [0.4, 0.5) is 5.82 Å². The maximum absolute atomic E-state index is 5.45. The van der Waals surface area contributed by atoms with E-state index in [1.807, 2.05) is 39.3 Å². The van der Waals surface area contributed by atoms with E-state index >= 15 is 0 Å². The zero-order chi connectivity index (χ0) is 26.2. The molecule has 0 bridgehead atoms. The molecule has 9 heteroatoms. The summed E-state index contributed by atoms with van der Waals surface area (Å²) in [5, 5.41) is 13.6. The number of benzene rings is 1. The summed E-state index contributed by atoms with van der Waals surface area (Å²) in [7, 11) is 3.74. The number of nitrogens with zero attached hydrogens (tertiary/aromatic N) is 7. The Hall–Kier alpha value is -3.98. The molecular formula is C29H34N8O. The lowest BCUT2D eigenvalue weighted by Crippen LogP contribution is -2.35. The van der Waals surface area contributed by atoms with Crippen LogP contribution in [0.25, 0.3) is 39.5 Å². The number of hydrogen-bond acceptors (Lipinski definition) is 6. The molecule has 1 aliphatic rings. The van der Waals surface area contributed by atoms with E-state index in [9.17, 15) is 0 Å². The number of fused-ring (bicyclic) bond motifs is 1. The highest BCUT2D eigenvalue weighted by Crippen LogP contribution is 2.40. The molecule has 196 valence electrons. The number of imidazole rings is 1. The van der Waals surface area contributed by atoms with Gasteiger partial charge in [-0.15, -0.1) is 5.10 Å². The van der Waals surface area contributed by atoms with Crippen molar-refractivity contribution in [3.63, 3.8) is 0 Å². The summed E-state index contributed by atoms with van der Waals surface area (Å²) in [5.74, 6) is 3.22. The van der Waals surface area contributed by atoms with Crippen molar-refractivity contribution in [2.45, 2.75) is 32.7 Å². The largest absolute Gasteiger partial charge is 0.384 e. The number of aryl methyl sites for hydroxylation is 1. The van der Waals surface area contributed by atoms with Gasteiger partial charge in [0.05, 0.1) is 5.69 Å². The Morgan fingerprint density at radius 2 is 1.87 bits per heavy atom. The number of anilines is 1. The van der Waals surface area contributed by atoms with Gasteiger partial charge in [0, 0.05) is 69.3 Å². The molecule has 1 aromatic carbocycles. The second-order valence-electron chi connectivity index (χ2n) is 10.4. The second-order valence-corrected chi connectivity index (χ2v) is 10.4. The third-order valence-corrected chi connectivity index (χ3v) is 7.62. The summed E-state index contributed by atoms with van der Waals surface area (Å²) in [5.41, 5.74) is 5.03. The first kappa shape index (κ1) is 24.4. The number of rotatable bonds is 9. The van der Waals surface area contributed by atoms with E-state index in [1.54, 1.807) is 13.3 Å². The van der Waals surface area contributed by atoms with Gasteiger partial charge in [-0.1, -0.05) is 30.3 Å². The SMILES string of the molecule is COC[C@@H]1CC[C@@H]1CNc1nc(-c2nccn2C)nn2cc(-c3ccn(C(C)C)n3)c(-c3ccccc3)c12. The lowest BCUT2D eigenvalue weighted by atomic mass is 9.74. The van der Waals surface area contributed by atoms with Crippen LogP contribution in [0.15, 0.2) is 61.2 Å². The van der Waals surface area contributed by atoms with E-state index in [0.29, 0.717) is 17.7 Å². The van der Waals surface area contributed by atoms with Crippen molar-refractivity contribution in [2.24, 2.45) is 18.9 Å². The standard InChI is InChI=1S/C29H34N8O/c1-19(2)36-14-12-24(33-36)23-17-37-26(25(23)20-8-6-5-7-9-20)27(31-16-21-10-11-22(21)18-38-4)32-28(34-37)29-30-13-15-35(29)3/h5-9,12-15,17,19,21-22H,10-11,16,18H2,1-4H3,(H,31,32,34)/t21-,22+/m1/s1. The Balaban J connectivity index is 1.53. The zero-order valence-electron chi connectivity index (χ0n) is 22.4. The molecule has 0 amide bonds. The minimum atomic E-state index is 0.274. The minimum Gasteiger partial charge on any atom is -0.384 e. The van der Waals surface area contributed by atoms with Crippen molar-refractivity contribution in [1.29, 1.82) is 0 Å². The zero-order valence-corrected chi connectivity index (χ0v) is 22.4. The molecule has 0 aliphatic heterocycles. The van der Waals surface area contributed by atoms with Crippen molar-refractivity contribution >= 4 is 11.3 Å². The van der Waals surface area contributed by atoms with Crippen LogP contribution in [0.5, 0.6) is 0 Å². The third kappa shape index (κ3) is 4.36. The Kier molecular flexibility index (Phi) is 6.45. The topological polar surface area (TPSA) is 87.1 Å². The van der Waals surface area contributed by atoms with Crippen LogP contribution in [0.3, 0.4) is 0 Å². The summed E-state index contributed by atoms with van der Waals surface area (Å²) in [6.45, 7) is 5.90. The fourth-order valence-electron chi connectivity index (χ4n) is 5.31. The Morgan fingerprint density at radius 3 is 2.53 bits per heavy atom. The number of methoxy groups -OCH3 is 1. The van der Waals surface area contributed by atoms with Crippen LogP contribution < -0.4 is 5.32 Å². The molecule has 6 rings (SSSR count). The number of ether oxygens (including phenoxy) is 1. The molecule has 4 heterocycles. The molecular weight excluding hydrogens is 476 g/mol. The van der Waals surface area contributed by atoms with Gasteiger partial charge in [0.15, 0.2) is 11.6 Å². The van der Waals surface area contributed by atoms with Crippen molar-refractivity contribution in [3.8, 4) is 34.0 Å². The molecule has 0 spiro atoms. The quantitative estimate of drug-likeness (QED) is 0.289. The molecule has 1 aliphatic carbocycles. The first-order chi connectivity index (χ1) is 18.5. The van der Waals surface area contributed by atoms with Crippen molar-refractivity contribution < 1.29 is 4.74 Å². The fourth-order valence-corrected chi connectivity index (χ4v) is 5.31. The average Bonchev–Trinajstić information content (AvgIpc) is 3.65. The molecule has 1 saturated carbocycles. The lowest BCUT2D eigenvalue weighted by molar-refractivity contribution is 0.0658. The molecule has 38 heavy (non-hydrogen) atoms. The van der Waals surface area contributed by atoms with E-state index in [1.165, 1.54) is 12.8 Å². The van der Waals surface area contributed by atoms with Crippen LogP contribution in [0.2, 0.25) is 0 Å². The van der Waals surface area contributed by atoms with Gasteiger partial charge in [-0.3, -0.25) is 4.68 Å². The highest BCUT2D eigenvalue weighted by Gasteiger charge is 2.31. The number of hydrogen-bond donors (Lipinski definition) is 1. The first-order valence-corrected chi connectivity index (χ1v) is 13.3. The maximum atomic E-state index is 5.45. The number of nitrogens with one attached hydrogen (secondary N) is 1. The average molecular weight is 511 g/mol. The first-order valence-electron chi connectivity index (χ1n) is 13.3. The van der Waals surface area contributed by atoms with Crippen LogP contribution in [-0.4, -0.2) is 54.2 Å². The van der Waals surface area contributed by atoms with Gasteiger partial charge in [-0.25, -0.2) is 14.5 Å². The van der Waals surface area contributed by atoms with Gasteiger partial charge < -0.3 is 14.6 Å². The molecule has 4 aromatic heterocycles. The predicted molar refractivity (Wildman–Crippen MR) is 149 cm³/mol. The van der Waals surface area contributed by atoms with E-state index in [0.717, 1.165) is 52.7 Å². The number of aromatic nitrogens is 7. The molecule has 0 radical (unpaired) electrons. The summed E-state index contributed by atoms with van der Waals surface area (Å²) in [4.78, 5) is 9.57. The van der Waals surface area contributed by atoms with Crippen molar-refractivity contribution in [2.75, 3.05) is 25.6 Å². The highest BCUT2D eigenvalue weighted by molar-refractivity contribution is 5.98. The Bertz CT molecular complexity index is 1550. The van der Waals surface area contributed by atoms with Crippen molar-refractivity contribution in [3.05, 3.63) is 61.2 Å². The van der Waals surface area contributed by atoms with E-state index in [4.69, 9.17) is 19.9 Å². The van der Waals surface area contributed by atoms with Crippen molar-refractivity contribution in [1.82, 2.24) is 33.9 Å². The summed E-state index contributed by atoms with van der Waals surface area (Å²) in [6, 6.07) is 12.8. The summed E-state index contributed by atoms with van der Waals surface area (Å²) in [6.07, 6.45) is 10.2. The molecule has 1 N–H and O–H groups in total. The summed E-state index contributed by atoms with van der Waals surface area (Å²) >= 11 is 0. The highest BCUT2D eigenvalue weighted by atomic mass is 16.5. The smallest absolute Gasteiger partial charge is 0.218 e. The van der Waals surface area contributed by atoms with Gasteiger partial charge in [0.2, 0.25) is 5.82 Å². The molecule has 2 atom stereocenters. The Labute approximate surface area is 222 Å². The van der Waals surface area contributed by atoms with E-state index in [2.05, 4.69) is 60.7 Å². The lowest BCUT2D eigenvalue weighted by Gasteiger charge is -2.36. The summed E-state index contributed by atoms with van der Waals surface area (Å²) < 4.78 is 11.3. The molecule has 0 saturated heterocycles. The minimum absolute atomic E-state index is 0.274. The van der Waals surface area contributed by atoms with Crippen LogP contribution in [0.1, 0.15) is 32.7 Å². The Morgan fingerprint density at radius 1 is 1.05 bits per heavy atom. The second kappa shape index (κ2) is 10.1. The molecule has 9 nitrogen and oxygen atoms in total. The van der Waals surface area contributed by atoms with Gasteiger partial charge >= 0.3 is 0 Å². The van der Waals surface area contributed by atoms with E-state index < -0.39 is 0 Å². The van der Waals surface area contributed by atoms with Gasteiger partial charge in [0.25, 0.3) is 0 Å². The van der Waals surface area contributed by atoms with Gasteiger partial charge in [-0.05, 0) is 50.2 Å². The van der Waals surface area contributed by atoms with Crippen LogP contribution >= 0.6 is 0 Å². The fraction of sp³-hybridized carbons (Fsp3) is 0.379. The van der Waals surface area contributed by atoms with Crippen LogP contribution in [-0.2, 0) is 11.8 Å². The van der Waals surface area contributed by atoms with Crippen LogP contribution in [0, 0.1) is 11.8 Å². The normalized spacial score (nSPS) is 17.3. The monoisotopic (exact) mass is 510 g/mol. The predicted octanol–water partition coefficient (Wildman–Crippen LogP) is 5.33. The molecule has 5 aromatic rings. The molecule has 0 unspecified atom stereocenters. The van der Waals surface area contributed by atoms with Gasteiger partial charge in [-0.2, -0.15) is 5.10 Å².